The van der Waals surface area contributed by atoms with Crippen molar-refractivity contribution in [3.63, 3.8) is 0 Å². The lowest BCUT2D eigenvalue weighted by atomic mass is 10.0. The summed E-state index contributed by atoms with van der Waals surface area (Å²) in [5.74, 6) is 1.35. The molecule has 0 atom stereocenters. The molecule has 6 heteroatoms. The molecule has 0 aliphatic carbocycles. The Morgan fingerprint density at radius 3 is 3.12 bits per heavy atom. The summed E-state index contributed by atoms with van der Waals surface area (Å²) in [6.07, 6.45) is 0. The molecule has 1 aromatic carbocycles. The molecule has 0 fully saturated rings. The van der Waals surface area contributed by atoms with Gasteiger partial charge in [0, 0.05) is 11.1 Å². The highest BCUT2D eigenvalue weighted by atomic mass is 79.9. The minimum absolute atomic E-state index is 0.433. The molecule has 1 aliphatic rings. The lowest BCUT2D eigenvalue weighted by Gasteiger charge is -2.19. The van der Waals surface area contributed by atoms with Gasteiger partial charge < -0.3 is 9.47 Å². The first-order valence-corrected chi connectivity index (χ1v) is 6.84. The molecule has 1 aliphatic heterocycles. The zero-order valence-corrected chi connectivity index (χ0v) is 11.9. The van der Waals surface area contributed by atoms with Gasteiger partial charge in [-0.25, -0.2) is 0 Å². The van der Waals surface area contributed by atoms with Crippen LogP contribution in [0.25, 0.3) is 10.4 Å². The minimum Gasteiger partial charge on any atom is -0.495 e. The summed E-state index contributed by atoms with van der Waals surface area (Å²) in [6.45, 7) is 0.433. The largest absolute Gasteiger partial charge is 0.495 e. The predicted octanol–water partition coefficient (Wildman–Crippen LogP) is 4.13. The summed E-state index contributed by atoms with van der Waals surface area (Å²) in [5, 5.41) is 0.599. The highest BCUT2D eigenvalue weighted by Gasteiger charge is 2.25. The molecule has 3 rings (SSSR count). The highest BCUT2D eigenvalue weighted by molar-refractivity contribution is 9.11. The van der Waals surface area contributed by atoms with Gasteiger partial charge in [0.2, 0.25) is 5.88 Å². The van der Waals surface area contributed by atoms with Gasteiger partial charge in [-0.15, -0.1) is 11.3 Å². The number of hydrogen-bond donors (Lipinski definition) is 0. The molecule has 88 valence electrons. The van der Waals surface area contributed by atoms with Gasteiger partial charge in [0.1, 0.15) is 12.4 Å². The number of methoxy groups -OCH3 is 1. The predicted molar refractivity (Wildman–Crippen MR) is 71.1 cm³/mol. The normalized spacial score (nSPS) is 12.6. The average molecular weight is 333 g/mol. The molecular formula is C11H7BrClNO2S. The second-order valence-electron chi connectivity index (χ2n) is 3.50. The fourth-order valence-corrected chi connectivity index (χ4v) is 3.56. The Bertz CT molecular complexity index is 599. The van der Waals surface area contributed by atoms with Crippen molar-refractivity contribution in [3.8, 4) is 22.1 Å². The van der Waals surface area contributed by atoms with Crippen LogP contribution in [0.4, 0.5) is 0 Å². The third-order valence-electron chi connectivity index (χ3n) is 2.58. The molecule has 0 bridgehead atoms. The number of ether oxygens (including phenoxy) is 2. The number of benzene rings is 1. The van der Waals surface area contributed by atoms with Gasteiger partial charge in [-0.05, 0) is 22.0 Å². The van der Waals surface area contributed by atoms with Crippen LogP contribution < -0.4 is 9.47 Å². The Kier molecular flexibility index (Phi) is 2.77. The van der Waals surface area contributed by atoms with Crippen molar-refractivity contribution in [3.05, 3.63) is 26.6 Å². The quantitative estimate of drug-likeness (QED) is 0.787. The molecule has 0 amide bonds. The van der Waals surface area contributed by atoms with Crippen molar-refractivity contribution in [2.24, 2.45) is 0 Å². The van der Waals surface area contributed by atoms with Gasteiger partial charge in [-0.3, -0.25) is 0 Å². The lowest BCUT2D eigenvalue weighted by Crippen LogP contribution is -2.06. The van der Waals surface area contributed by atoms with Crippen molar-refractivity contribution in [1.82, 2.24) is 4.98 Å². The summed E-state index contributed by atoms with van der Waals surface area (Å²) >= 11 is 11.0. The number of aromatic nitrogens is 1. The topological polar surface area (TPSA) is 31.4 Å². The molecule has 0 saturated heterocycles. The van der Waals surface area contributed by atoms with Crippen molar-refractivity contribution in [1.29, 1.82) is 0 Å². The molecule has 1 aromatic heterocycles. The number of rotatable bonds is 1. The zero-order chi connectivity index (χ0) is 12.0. The van der Waals surface area contributed by atoms with E-state index < -0.39 is 0 Å². The van der Waals surface area contributed by atoms with Crippen LogP contribution in [0.2, 0.25) is 5.02 Å². The van der Waals surface area contributed by atoms with Crippen LogP contribution in [-0.2, 0) is 6.61 Å². The molecule has 0 spiro atoms. The second kappa shape index (κ2) is 4.15. The molecule has 2 aromatic rings. The Hall–Kier alpha value is -0.780. The monoisotopic (exact) mass is 331 g/mol. The molecular weight excluding hydrogens is 326 g/mol. The standard InChI is InChI=1S/C11H7BrClNO2S/c1-15-8-6-4-16-10-9(17-11(12)14-10)5(6)2-3-7(8)13/h2-3H,4H2,1H3. The maximum absolute atomic E-state index is 6.09. The molecule has 2 heterocycles. The Labute approximate surface area is 115 Å². The second-order valence-corrected chi connectivity index (χ2v) is 6.18. The molecule has 0 unspecified atom stereocenters. The fourth-order valence-electron chi connectivity index (χ4n) is 1.87. The first-order valence-electron chi connectivity index (χ1n) is 4.85. The number of hydrogen-bond acceptors (Lipinski definition) is 4. The van der Waals surface area contributed by atoms with Crippen molar-refractivity contribution in [2.75, 3.05) is 7.11 Å². The number of thiazole rings is 1. The fraction of sp³-hybridized carbons (Fsp3) is 0.182. The number of halogens is 2. The van der Waals surface area contributed by atoms with Crippen LogP contribution in [-0.4, -0.2) is 12.1 Å². The van der Waals surface area contributed by atoms with Gasteiger partial charge in [0.25, 0.3) is 0 Å². The summed E-state index contributed by atoms with van der Waals surface area (Å²) < 4.78 is 11.7. The van der Waals surface area contributed by atoms with E-state index in [1.165, 1.54) is 11.3 Å². The lowest BCUT2D eigenvalue weighted by molar-refractivity contribution is 0.283. The summed E-state index contributed by atoms with van der Waals surface area (Å²) in [7, 11) is 1.61. The van der Waals surface area contributed by atoms with E-state index in [1.807, 2.05) is 12.1 Å². The smallest absolute Gasteiger partial charge is 0.234 e. The van der Waals surface area contributed by atoms with Crippen molar-refractivity contribution < 1.29 is 9.47 Å². The van der Waals surface area contributed by atoms with E-state index in [9.17, 15) is 0 Å². The van der Waals surface area contributed by atoms with Crippen LogP contribution in [0.15, 0.2) is 16.0 Å². The van der Waals surface area contributed by atoms with Gasteiger partial charge in [-0.1, -0.05) is 17.7 Å². The van der Waals surface area contributed by atoms with E-state index in [-0.39, 0.29) is 0 Å². The van der Waals surface area contributed by atoms with E-state index in [0.29, 0.717) is 23.3 Å². The first kappa shape index (κ1) is 11.3. The van der Waals surface area contributed by atoms with Gasteiger partial charge in [-0.2, -0.15) is 4.98 Å². The van der Waals surface area contributed by atoms with Crippen molar-refractivity contribution in [2.45, 2.75) is 6.61 Å². The molecule has 3 nitrogen and oxygen atoms in total. The Morgan fingerprint density at radius 1 is 1.53 bits per heavy atom. The van der Waals surface area contributed by atoms with Crippen LogP contribution in [0.3, 0.4) is 0 Å². The number of fused-ring (bicyclic) bond motifs is 3. The summed E-state index contributed by atoms with van der Waals surface area (Å²) in [6, 6.07) is 3.81. The van der Waals surface area contributed by atoms with E-state index in [4.69, 9.17) is 21.1 Å². The van der Waals surface area contributed by atoms with Crippen LogP contribution in [0, 0.1) is 0 Å². The van der Waals surface area contributed by atoms with Crippen LogP contribution in [0.1, 0.15) is 5.56 Å². The summed E-state index contributed by atoms with van der Waals surface area (Å²) in [5.41, 5.74) is 2.05. The first-order chi connectivity index (χ1) is 8.20. The highest BCUT2D eigenvalue weighted by Crippen LogP contribution is 2.47. The molecule has 0 radical (unpaired) electrons. The maximum atomic E-state index is 6.09. The average Bonchev–Trinajstić information content (AvgIpc) is 2.69. The Morgan fingerprint density at radius 2 is 2.35 bits per heavy atom. The molecule has 0 saturated carbocycles. The van der Waals surface area contributed by atoms with Gasteiger partial charge >= 0.3 is 0 Å². The van der Waals surface area contributed by atoms with Crippen LogP contribution >= 0.6 is 38.9 Å². The minimum atomic E-state index is 0.433. The SMILES string of the molecule is COc1c(Cl)ccc2c1COc1nc(Br)sc1-2. The maximum Gasteiger partial charge on any atom is 0.234 e. The summed E-state index contributed by atoms with van der Waals surface area (Å²) in [4.78, 5) is 5.27. The van der Waals surface area contributed by atoms with E-state index in [2.05, 4.69) is 20.9 Å². The third-order valence-corrected chi connectivity index (χ3v) is 4.40. The molecule has 0 N–H and O–H groups in total. The zero-order valence-electron chi connectivity index (χ0n) is 8.79. The van der Waals surface area contributed by atoms with Crippen LogP contribution in [0.5, 0.6) is 11.6 Å². The van der Waals surface area contributed by atoms with E-state index >= 15 is 0 Å². The van der Waals surface area contributed by atoms with E-state index in [1.54, 1.807) is 7.11 Å². The third kappa shape index (κ3) is 1.73. The van der Waals surface area contributed by atoms with Crippen molar-refractivity contribution >= 4 is 38.9 Å². The van der Waals surface area contributed by atoms with E-state index in [0.717, 1.165) is 19.9 Å². The Balaban J connectivity index is 2.26. The van der Waals surface area contributed by atoms with Gasteiger partial charge in [0.15, 0.2) is 3.92 Å². The molecule has 17 heavy (non-hydrogen) atoms. The number of nitrogens with zero attached hydrogens (tertiary/aromatic N) is 1. The van der Waals surface area contributed by atoms with Gasteiger partial charge in [0.05, 0.1) is 17.0 Å².